The molecule has 5 heteroatoms. The van der Waals surface area contributed by atoms with Crippen LogP contribution in [0.25, 0.3) is 0 Å². The number of amides is 1. The number of carbonyl (C=O) groups is 1. The first-order valence-electron chi connectivity index (χ1n) is 8.51. The maximum atomic E-state index is 12.4. The first-order chi connectivity index (χ1) is 12.6. The summed E-state index contributed by atoms with van der Waals surface area (Å²) in [4.78, 5) is 19.0. The quantitative estimate of drug-likeness (QED) is 0.713. The number of aryl methyl sites for hydroxylation is 1. The summed E-state index contributed by atoms with van der Waals surface area (Å²) in [5.41, 5.74) is 5.54. The van der Waals surface area contributed by atoms with Crippen LogP contribution in [0.1, 0.15) is 21.6 Å². The van der Waals surface area contributed by atoms with Crippen LogP contribution in [0.15, 0.2) is 60.8 Å². The molecule has 0 fully saturated rings. The van der Waals surface area contributed by atoms with Gasteiger partial charge in [-0.3, -0.25) is 4.79 Å². The zero-order valence-corrected chi connectivity index (χ0v) is 15.1. The van der Waals surface area contributed by atoms with Crippen molar-refractivity contribution in [3.8, 4) is 0 Å². The van der Waals surface area contributed by atoms with E-state index in [-0.39, 0.29) is 5.91 Å². The lowest BCUT2D eigenvalue weighted by molar-refractivity contribution is 0.102. The number of carbonyl (C=O) groups excluding carboxylic acids is 1. The van der Waals surface area contributed by atoms with Crippen LogP contribution in [0.4, 0.5) is 17.1 Å². The molecule has 0 aliphatic carbocycles. The van der Waals surface area contributed by atoms with Crippen molar-refractivity contribution in [3.63, 3.8) is 0 Å². The highest BCUT2D eigenvalue weighted by Crippen LogP contribution is 2.33. The Morgan fingerprint density at radius 3 is 2.77 bits per heavy atom. The van der Waals surface area contributed by atoms with Crippen LogP contribution < -0.4 is 10.2 Å². The number of fused-ring (bicyclic) bond motifs is 1. The number of nitrogens with zero attached hydrogens (tertiary/aromatic N) is 2. The molecule has 1 aliphatic heterocycles. The molecule has 130 valence electrons. The van der Waals surface area contributed by atoms with E-state index < -0.39 is 0 Å². The number of nitrogens with one attached hydrogen (secondary N) is 1. The van der Waals surface area contributed by atoms with E-state index in [1.165, 1.54) is 11.3 Å². The predicted octanol–water partition coefficient (Wildman–Crippen LogP) is 4.99. The predicted molar refractivity (Wildman–Crippen MR) is 106 cm³/mol. The van der Waals surface area contributed by atoms with Crippen molar-refractivity contribution in [2.24, 2.45) is 0 Å². The molecule has 1 amide bonds. The first kappa shape index (κ1) is 16.6. The minimum Gasteiger partial charge on any atom is -0.340 e. The summed E-state index contributed by atoms with van der Waals surface area (Å²) in [6.45, 7) is 2.85. The fourth-order valence-corrected chi connectivity index (χ4v) is 3.33. The average molecular weight is 364 g/mol. The molecule has 4 rings (SSSR count). The fraction of sp³-hybridized carbons (Fsp3) is 0.143. The lowest BCUT2D eigenvalue weighted by atomic mass is 10.2. The van der Waals surface area contributed by atoms with Gasteiger partial charge in [0.25, 0.3) is 5.91 Å². The molecule has 26 heavy (non-hydrogen) atoms. The molecule has 3 aromatic rings. The summed E-state index contributed by atoms with van der Waals surface area (Å²) >= 11 is 6.11. The van der Waals surface area contributed by atoms with E-state index in [1.807, 2.05) is 31.2 Å². The lowest BCUT2D eigenvalue weighted by Crippen LogP contribution is -2.16. The summed E-state index contributed by atoms with van der Waals surface area (Å²) in [5, 5.41) is 3.46. The summed E-state index contributed by atoms with van der Waals surface area (Å²) in [7, 11) is 0. The van der Waals surface area contributed by atoms with Gasteiger partial charge in [-0.2, -0.15) is 0 Å². The van der Waals surface area contributed by atoms with Gasteiger partial charge in [-0.05, 0) is 54.8 Å². The number of para-hydroxylation sites is 1. The Hall–Kier alpha value is -2.85. The summed E-state index contributed by atoms with van der Waals surface area (Å²) < 4.78 is 0. The van der Waals surface area contributed by atoms with E-state index >= 15 is 0 Å². The average Bonchev–Trinajstić information content (AvgIpc) is 3.09. The van der Waals surface area contributed by atoms with Crippen molar-refractivity contribution in [1.82, 2.24) is 4.98 Å². The Balaban J connectivity index is 1.51. The number of pyridine rings is 1. The van der Waals surface area contributed by atoms with E-state index in [9.17, 15) is 4.79 Å². The molecule has 0 saturated heterocycles. The van der Waals surface area contributed by atoms with Gasteiger partial charge in [0.05, 0.1) is 11.9 Å². The second kappa shape index (κ2) is 6.81. The van der Waals surface area contributed by atoms with E-state index in [2.05, 4.69) is 33.4 Å². The van der Waals surface area contributed by atoms with Crippen LogP contribution >= 0.6 is 11.6 Å². The fourth-order valence-electron chi connectivity index (χ4n) is 3.15. The van der Waals surface area contributed by atoms with Crippen molar-refractivity contribution in [1.29, 1.82) is 0 Å². The Bertz CT molecular complexity index is 969. The molecular weight excluding hydrogens is 346 g/mol. The topological polar surface area (TPSA) is 45.2 Å². The summed E-state index contributed by atoms with van der Waals surface area (Å²) in [5.74, 6) is -0.252. The Morgan fingerprint density at radius 2 is 2.00 bits per heavy atom. The smallest absolute Gasteiger partial charge is 0.274 e. The highest BCUT2D eigenvalue weighted by Gasteiger charge is 2.20. The Kier molecular flexibility index (Phi) is 4.35. The van der Waals surface area contributed by atoms with Crippen LogP contribution in [0.3, 0.4) is 0 Å². The van der Waals surface area contributed by atoms with Crippen molar-refractivity contribution >= 4 is 34.6 Å². The van der Waals surface area contributed by atoms with E-state index in [4.69, 9.17) is 11.6 Å². The highest BCUT2D eigenvalue weighted by molar-refractivity contribution is 6.31. The molecule has 1 N–H and O–H groups in total. The van der Waals surface area contributed by atoms with Crippen LogP contribution in [0.2, 0.25) is 5.02 Å². The van der Waals surface area contributed by atoms with Crippen LogP contribution in [-0.4, -0.2) is 17.4 Å². The second-order valence-corrected chi connectivity index (χ2v) is 6.76. The normalized spacial score (nSPS) is 12.8. The van der Waals surface area contributed by atoms with Gasteiger partial charge in [-0.15, -0.1) is 0 Å². The van der Waals surface area contributed by atoms with E-state index in [1.54, 1.807) is 18.3 Å². The van der Waals surface area contributed by atoms with Gasteiger partial charge >= 0.3 is 0 Å². The van der Waals surface area contributed by atoms with Crippen molar-refractivity contribution in [2.45, 2.75) is 13.3 Å². The van der Waals surface area contributed by atoms with Gasteiger partial charge in [0.1, 0.15) is 5.69 Å². The first-order valence-corrected chi connectivity index (χ1v) is 8.88. The Morgan fingerprint density at radius 1 is 1.15 bits per heavy atom. The van der Waals surface area contributed by atoms with Gasteiger partial charge in [0.15, 0.2) is 0 Å². The van der Waals surface area contributed by atoms with E-state index in [0.717, 1.165) is 24.2 Å². The number of hydrogen-bond donors (Lipinski definition) is 1. The zero-order valence-electron chi connectivity index (χ0n) is 14.4. The molecule has 1 aromatic heterocycles. The third kappa shape index (κ3) is 3.16. The monoisotopic (exact) mass is 363 g/mol. The van der Waals surface area contributed by atoms with Crippen LogP contribution in [-0.2, 0) is 6.42 Å². The maximum Gasteiger partial charge on any atom is 0.274 e. The molecule has 1 aliphatic rings. The van der Waals surface area contributed by atoms with Crippen molar-refractivity contribution < 1.29 is 4.79 Å². The van der Waals surface area contributed by atoms with Gasteiger partial charge in [-0.25, -0.2) is 4.98 Å². The van der Waals surface area contributed by atoms with Gasteiger partial charge in [0.2, 0.25) is 0 Å². The molecule has 0 unspecified atom stereocenters. The number of halogens is 1. The third-order valence-corrected chi connectivity index (χ3v) is 5.02. The lowest BCUT2D eigenvalue weighted by Gasteiger charge is -2.19. The molecule has 0 atom stereocenters. The molecule has 0 bridgehead atoms. The van der Waals surface area contributed by atoms with Crippen molar-refractivity contribution in [2.75, 3.05) is 16.8 Å². The minimum atomic E-state index is -0.252. The number of aromatic nitrogens is 1. The van der Waals surface area contributed by atoms with Gasteiger partial charge in [0, 0.05) is 22.9 Å². The number of hydrogen-bond acceptors (Lipinski definition) is 3. The SMILES string of the molecule is Cc1ccc(NC(=O)c2ccc(N3CCc4ccccc43)cn2)cc1Cl. The molecule has 0 spiro atoms. The standard InChI is InChI=1S/C21H18ClN3O/c1-14-6-7-16(12-18(14)22)24-21(26)19-9-8-17(13-23-19)25-11-10-15-4-2-3-5-20(15)25/h2-9,12-13H,10-11H2,1H3,(H,24,26). The molecule has 2 aromatic carbocycles. The molecule has 0 radical (unpaired) electrons. The Labute approximate surface area is 157 Å². The van der Waals surface area contributed by atoms with Crippen molar-refractivity contribution in [3.05, 3.63) is 82.6 Å². The number of rotatable bonds is 3. The second-order valence-electron chi connectivity index (χ2n) is 6.35. The summed E-state index contributed by atoms with van der Waals surface area (Å²) in [6, 6.07) is 17.5. The number of benzene rings is 2. The molecule has 4 nitrogen and oxygen atoms in total. The van der Waals surface area contributed by atoms with E-state index in [0.29, 0.717) is 16.4 Å². The van der Waals surface area contributed by atoms with Crippen LogP contribution in [0.5, 0.6) is 0 Å². The third-order valence-electron chi connectivity index (χ3n) is 4.61. The molecule has 0 saturated carbocycles. The number of anilines is 3. The largest absolute Gasteiger partial charge is 0.340 e. The minimum absolute atomic E-state index is 0.252. The molecule has 2 heterocycles. The van der Waals surface area contributed by atoms with Gasteiger partial charge in [-0.1, -0.05) is 35.9 Å². The molecular formula is C21H18ClN3O. The maximum absolute atomic E-state index is 12.4. The highest BCUT2D eigenvalue weighted by atomic mass is 35.5. The zero-order chi connectivity index (χ0) is 18.1. The van der Waals surface area contributed by atoms with Gasteiger partial charge < -0.3 is 10.2 Å². The summed E-state index contributed by atoms with van der Waals surface area (Å²) in [6.07, 6.45) is 2.77. The van der Waals surface area contributed by atoms with Crippen LogP contribution in [0, 0.1) is 6.92 Å².